The average Bonchev–Trinajstić information content (AvgIpc) is 2.13. The monoisotopic (exact) mass is 213 g/mol. The van der Waals surface area contributed by atoms with Crippen LogP contribution >= 0.6 is 0 Å². The van der Waals surface area contributed by atoms with Crippen molar-refractivity contribution in [3.8, 4) is 0 Å². The standard InChI is InChI=1S/C10H19N3O2/c1-7(9(15)12-2)13-8(14)6-10(11)4-3-5-10/h7H,3-6,11H2,1-2H3,(H,12,15)(H,13,14). The van der Waals surface area contributed by atoms with Crippen molar-refractivity contribution in [3.05, 3.63) is 0 Å². The van der Waals surface area contributed by atoms with Crippen LogP contribution in [0.4, 0.5) is 0 Å². The molecular formula is C10H19N3O2. The lowest BCUT2D eigenvalue weighted by Crippen LogP contribution is -2.52. The molecule has 0 bridgehead atoms. The van der Waals surface area contributed by atoms with Gasteiger partial charge in [0.05, 0.1) is 0 Å². The van der Waals surface area contributed by atoms with Crippen molar-refractivity contribution in [1.29, 1.82) is 0 Å². The predicted octanol–water partition coefficient (Wildman–Crippen LogP) is -0.491. The molecule has 0 aliphatic heterocycles. The molecule has 0 radical (unpaired) electrons. The fourth-order valence-corrected chi connectivity index (χ4v) is 1.70. The number of carbonyl (C=O) groups excluding carboxylic acids is 2. The maximum Gasteiger partial charge on any atom is 0.242 e. The second-order valence-electron chi connectivity index (χ2n) is 4.30. The maximum absolute atomic E-state index is 11.5. The summed E-state index contributed by atoms with van der Waals surface area (Å²) in [6.45, 7) is 1.65. The van der Waals surface area contributed by atoms with Crippen molar-refractivity contribution in [1.82, 2.24) is 10.6 Å². The van der Waals surface area contributed by atoms with Gasteiger partial charge >= 0.3 is 0 Å². The lowest BCUT2D eigenvalue weighted by atomic mass is 9.75. The summed E-state index contributed by atoms with van der Waals surface area (Å²) in [5.74, 6) is -0.337. The third-order valence-corrected chi connectivity index (χ3v) is 2.88. The van der Waals surface area contributed by atoms with Gasteiger partial charge in [-0.25, -0.2) is 0 Å². The molecule has 2 amide bonds. The fourth-order valence-electron chi connectivity index (χ4n) is 1.70. The van der Waals surface area contributed by atoms with Gasteiger partial charge in [0, 0.05) is 19.0 Å². The molecule has 5 heteroatoms. The van der Waals surface area contributed by atoms with E-state index < -0.39 is 6.04 Å². The first-order chi connectivity index (χ1) is 6.97. The Hall–Kier alpha value is -1.10. The number of rotatable bonds is 4. The smallest absolute Gasteiger partial charge is 0.242 e. The van der Waals surface area contributed by atoms with E-state index >= 15 is 0 Å². The second kappa shape index (κ2) is 4.61. The van der Waals surface area contributed by atoms with Gasteiger partial charge in [0.25, 0.3) is 0 Å². The molecule has 15 heavy (non-hydrogen) atoms. The predicted molar refractivity (Wildman–Crippen MR) is 57.1 cm³/mol. The van der Waals surface area contributed by atoms with Crippen LogP contribution in [-0.2, 0) is 9.59 Å². The number of nitrogens with one attached hydrogen (secondary N) is 2. The van der Waals surface area contributed by atoms with Crippen LogP contribution in [0.15, 0.2) is 0 Å². The normalized spacial score (nSPS) is 19.9. The van der Waals surface area contributed by atoms with Gasteiger partial charge in [0.2, 0.25) is 11.8 Å². The molecule has 0 heterocycles. The minimum atomic E-state index is -0.494. The highest BCUT2D eigenvalue weighted by Crippen LogP contribution is 2.31. The van der Waals surface area contributed by atoms with E-state index in [-0.39, 0.29) is 17.4 Å². The summed E-state index contributed by atoms with van der Waals surface area (Å²) in [5.41, 5.74) is 5.60. The van der Waals surface area contributed by atoms with Gasteiger partial charge in [0.1, 0.15) is 6.04 Å². The van der Waals surface area contributed by atoms with E-state index in [1.807, 2.05) is 0 Å². The number of carbonyl (C=O) groups is 2. The molecule has 0 aromatic rings. The number of nitrogens with two attached hydrogens (primary N) is 1. The van der Waals surface area contributed by atoms with Crippen molar-refractivity contribution < 1.29 is 9.59 Å². The molecule has 1 fully saturated rings. The van der Waals surface area contributed by atoms with E-state index in [2.05, 4.69) is 10.6 Å². The Morgan fingerprint density at radius 2 is 2.07 bits per heavy atom. The van der Waals surface area contributed by atoms with Gasteiger partial charge in [-0.3, -0.25) is 9.59 Å². The van der Waals surface area contributed by atoms with Crippen molar-refractivity contribution in [2.75, 3.05) is 7.05 Å². The highest BCUT2D eigenvalue weighted by Gasteiger charge is 2.35. The van der Waals surface area contributed by atoms with Gasteiger partial charge < -0.3 is 16.4 Å². The third-order valence-electron chi connectivity index (χ3n) is 2.88. The van der Waals surface area contributed by atoms with Crippen molar-refractivity contribution in [2.24, 2.45) is 5.73 Å². The Morgan fingerprint density at radius 3 is 2.47 bits per heavy atom. The Morgan fingerprint density at radius 1 is 1.47 bits per heavy atom. The van der Waals surface area contributed by atoms with Gasteiger partial charge in [-0.1, -0.05) is 0 Å². The van der Waals surface area contributed by atoms with Crippen molar-refractivity contribution in [2.45, 2.75) is 44.2 Å². The van der Waals surface area contributed by atoms with Crippen LogP contribution in [0.1, 0.15) is 32.6 Å². The zero-order valence-electron chi connectivity index (χ0n) is 9.30. The molecule has 0 saturated heterocycles. The van der Waals surface area contributed by atoms with Gasteiger partial charge in [-0.15, -0.1) is 0 Å². The van der Waals surface area contributed by atoms with Gasteiger partial charge in [0.15, 0.2) is 0 Å². The summed E-state index contributed by atoms with van der Waals surface area (Å²) in [4.78, 5) is 22.7. The maximum atomic E-state index is 11.5. The second-order valence-corrected chi connectivity index (χ2v) is 4.30. The summed E-state index contributed by atoms with van der Waals surface area (Å²) in [5, 5.41) is 5.10. The number of hydrogen-bond acceptors (Lipinski definition) is 3. The van der Waals surface area contributed by atoms with Gasteiger partial charge in [-0.05, 0) is 26.2 Å². The molecule has 0 aromatic heterocycles. The fraction of sp³-hybridized carbons (Fsp3) is 0.800. The third kappa shape index (κ3) is 3.20. The van der Waals surface area contributed by atoms with Crippen LogP contribution < -0.4 is 16.4 Å². The van der Waals surface area contributed by atoms with Crippen LogP contribution in [-0.4, -0.2) is 30.4 Å². The highest BCUT2D eigenvalue weighted by atomic mass is 16.2. The van der Waals surface area contributed by atoms with Gasteiger partial charge in [-0.2, -0.15) is 0 Å². The Balaban J connectivity index is 2.32. The first-order valence-corrected chi connectivity index (χ1v) is 5.27. The molecule has 0 spiro atoms. The molecular weight excluding hydrogens is 194 g/mol. The van der Waals surface area contributed by atoms with Crippen molar-refractivity contribution in [3.63, 3.8) is 0 Å². The molecule has 4 N–H and O–H groups in total. The Bertz CT molecular complexity index is 261. The highest BCUT2D eigenvalue weighted by molar-refractivity contribution is 5.87. The Kier molecular flexibility index (Phi) is 3.68. The first-order valence-electron chi connectivity index (χ1n) is 5.27. The average molecular weight is 213 g/mol. The largest absolute Gasteiger partial charge is 0.357 e. The SMILES string of the molecule is CNC(=O)C(C)NC(=O)CC1(N)CCC1. The molecule has 0 aromatic carbocycles. The Labute approximate surface area is 89.8 Å². The first kappa shape index (κ1) is 12.0. The lowest BCUT2D eigenvalue weighted by molar-refractivity contribution is -0.129. The van der Waals surface area contributed by atoms with E-state index in [0.29, 0.717) is 6.42 Å². The number of hydrogen-bond donors (Lipinski definition) is 3. The van der Waals surface area contributed by atoms with Crippen LogP contribution in [0.5, 0.6) is 0 Å². The number of likely N-dealkylation sites (N-methyl/N-ethyl adjacent to an activating group) is 1. The topological polar surface area (TPSA) is 84.2 Å². The number of amides is 2. The van der Waals surface area contributed by atoms with Crippen LogP contribution in [0, 0.1) is 0 Å². The molecule has 1 aliphatic rings. The van der Waals surface area contributed by atoms with E-state index in [4.69, 9.17) is 5.73 Å². The molecule has 1 aliphatic carbocycles. The molecule has 1 unspecified atom stereocenters. The molecule has 86 valence electrons. The summed E-state index contributed by atoms with van der Waals surface area (Å²) in [6.07, 6.45) is 3.20. The minimum Gasteiger partial charge on any atom is -0.357 e. The molecule has 1 saturated carbocycles. The quantitative estimate of drug-likeness (QED) is 0.589. The molecule has 1 rings (SSSR count). The summed E-state index contributed by atoms with van der Waals surface area (Å²) in [7, 11) is 1.54. The molecule has 1 atom stereocenters. The summed E-state index contributed by atoms with van der Waals surface area (Å²) < 4.78 is 0. The van der Waals surface area contributed by atoms with Crippen LogP contribution in [0.25, 0.3) is 0 Å². The van der Waals surface area contributed by atoms with E-state index in [1.54, 1.807) is 14.0 Å². The van der Waals surface area contributed by atoms with Crippen molar-refractivity contribution >= 4 is 11.8 Å². The van der Waals surface area contributed by atoms with E-state index in [1.165, 1.54) is 0 Å². The van der Waals surface area contributed by atoms with E-state index in [9.17, 15) is 9.59 Å². The van der Waals surface area contributed by atoms with E-state index in [0.717, 1.165) is 19.3 Å². The van der Waals surface area contributed by atoms with Crippen LogP contribution in [0.3, 0.4) is 0 Å². The zero-order chi connectivity index (χ0) is 11.5. The summed E-state index contributed by atoms with van der Waals surface area (Å²) in [6, 6.07) is -0.494. The van der Waals surface area contributed by atoms with Crippen LogP contribution in [0.2, 0.25) is 0 Å². The summed E-state index contributed by atoms with van der Waals surface area (Å²) >= 11 is 0. The minimum absolute atomic E-state index is 0.145. The molecule has 5 nitrogen and oxygen atoms in total. The zero-order valence-corrected chi connectivity index (χ0v) is 9.30. The lowest BCUT2D eigenvalue weighted by Gasteiger charge is -2.37.